The molecule has 0 spiro atoms. The predicted molar refractivity (Wildman–Crippen MR) is 86.2 cm³/mol. The molecule has 0 bridgehead atoms. The number of para-hydroxylation sites is 1. The van der Waals surface area contributed by atoms with Crippen molar-refractivity contribution in [3.05, 3.63) is 34.5 Å². The third-order valence-corrected chi connectivity index (χ3v) is 5.63. The Morgan fingerprint density at radius 1 is 1.23 bits per heavy atom. The van der Waals surface area contributed by atoms with Crippen LogP contribution in [0.5, 0.6) is 0 Å². The summed E-state index contributed by atoms with van der Waals surface area (Å²) in [5.41, 5.74) is 0.639. The zero-order chi connectivity index (χ0) is 15.9. The van der Waals surface area contributed by atoms with Gasteiger partial charge in [-0.2, -0.15) is 4.31 Å². The lowest BCUT2D eigenvalue weighted by atomic mass is 10.2. The van der Waals surface area contributed by atoms with Gasteiger partial charge in [-0.3, -0.25) is 4.79 Å². The van der Waals surface area contributed by atoms with E-state index in [4.69, 9.17) is 4.42 Å². The van der Waals surface area contributed by atoms with E-state index in [2.05, 4.69) is 15.9 Å². The summed E-state index contributed by atoms with van der Waals surface area (Å²) < 4.78 is 30.8. The van der Waals surface area contributed by atoms with Gasteiger partial charge in [0.1, 0.15) is 5.58 Å². The van der Waals surface area contributed by atoms with Gasteiger partial charge in [-0.15, -0.1) is 0 Å². The number of sulfonamides is 1. The van der Waals surface area contributed by atoms with Crippen LogP contribution in [-0.4, -0.2) is 56.0 Å². The van der Waals surface area contributed by atoms with Crippen LogP contribution in [-0.2, 0) is 10.0 Å². The minimum atomic E-state index is -3.20. The third-order valence-electron chi connectivity index (χ3n) is 3.70. The fraction of sp³-hybridized carbons (Fsp3) is 0.357. The number of nitrogens with zero attached hydrogens (tertiary/aromatic N) is 2. The zero-order valence-electron chi connectivity index (χ0n) is 12.0. The summed E-state index contributed by atoms with van der Waals surface area (Å²) in [4.78, 5) is 14.1. The van der Waals surface area contributed by atoms with Crippen LogP contribution in [0.4, 0.5) is 0 Å². The molecule has 0 radical (unpaired) electrons. The van der Waals surface area contributed by atoms with Gasteiger partial charge < -0.3 is 9.32 Å². The van der Waals surface area contributed by atoms with Gasteiger partial charge in [0.05, 0.1) is 10.7 Å². The van der Waals surface area contributed by atoms with Crippen LogP contribution in [0.15, 0.2) is 33.2 Å². The average Bonchev–Trinajstić information content (AvgIpc) is 2.91. The first-order chi connectivity index (χ1) is 10.4. The van der Waals surface area contributed by atoms with Gasteiger partial charge in [0.2, 0.25) is 10.0 Å². The Hall–Kier alpha value is -1.38. The highest BCUT2D eigenvalue weighted by Crippen LogP contribution is 2.27. The third kappa shape index (κ3) is 2.90. The van der Waals surface area contributed by atoms with Gasteiger partial charge in [-0.05, 0) is 28.1 Å². The molecule has 3 rings (SSSR count). The van der Waals surface area contributed by atoms with E-state index in [1.165, 1.54) is 10.6 Å². The Kier molecular flexibility index (Phi) is 4.00. The van der Waals surface area contributed by atoms with Gasteiger partial charge in [-0.25, -0.2) is 8.42 Å². The van der Waals surface area contributed by atoms with Crippen LogP contribution < -0.4 is 0 Å². The summed E-state index contributed by atoms with van der Waals surface area (Å²) >= 11 is 3.39. The van der Waals surface area contributed by atoms with Crippen molar-refractivity contribution in [2.45, 2.75) is 0 Å². The van der Waals surface area contributed by atoms with Crippen molar-refractivity contribution in [1.82, 2.24) is 9.21 Å². The van der Waals surface area contributed by atoms with Gasteiger partial charge in [0.15, 0.2) is 5.76 Å². The maximum Gasteiger partial charge on any atom is 0.289 e. The van der Waals surface area contributed by atoms with E-state index in [1.54, 1.807) is 11.0 Å². The molecule has 1 aliphatic heterocycles. The highest BCUT2D eigenvalue weighted by atomic mass is 79.9. The molecule has 1 amide bonds. The van der Waals surface area contributed by atoms with Gasteiger partial charge in [0.25, 0.3) is 5.91 Å². The molecule has 1 aromatic carbocycles. The molecule has 1 aromatic heterocycles. The van der Waals surface area contributed by atoms with Crippen molar-refractivity contribution >= 4 is 42.8 Å². The molecule has 22 heavy (non-hydrogen) atoms. The number of carbonyl (C=O) groups is 1. The summed E-state index contributed by atoms with van der Waals surface area (Å²) in [6, 6.07) is 7.32. The number of hydrogen-bond acceptors (Lipinski definition) is 4. The summed E-state index contributed by atoms with van der Waals surface area (Å²) in [5.74, 6) is 0.0611. The number of rotatable bonds is 2. The topological polar surface area (TPSA) is 70.8 Å². The lowest BCUT2D eigenvalue weighted by molar-refractivity contribution is 0.0668. The number of carbonyl (C=O) groups excluding carboxylic acids is 1. The second-order valence-corrected chi connectivity index (χ2v) is 8.06. The minimum Gasteiger partial charge on any atom is -0.450 e. The molecule has 0 unspecified atom stereocenters. The maximum atomic E-state index is 12.5. The van der Waals surface area contributed by atoms with Gasteiger partial charge >= 0.3 is 0 Å². The molecule has 8 heteroatoms. The Balaban J connectivity index is 1.78. The molecule has 118 valence electrons. The molecule has 1 aliphatic rings. The first-order valence-electron chi connectivity index (χ1n) is 6.79. The second kappa shape index (κ2) is 5.68. The highest BCUT2D eigenvalue weighted by molar-refractivity contribution is 9.10. The normalized spacial score (nSPS) is 17.1. The largest absolute Gasteiger partial charge is 0.450 e. The van der Waals surface area contributed by atoms with E-state index in [0.717, 1.165) is 9.86 Å². The van der Waals surface area contributed by atoms with E-state index < -0.39 is 10.0 Å². The lowest BCUT2D eigenvalue weighted by Crippen LogP contribution is -2.50. The lowest BCUT2D eigenvalue weighted by Gasteiger charge is -2.32. The minimum absolute atomic E-state index is 0.212. The van der Waals surface area contributed by atoms with Crippen LogP contribution in [0.25, 0.3) is 11.0 Å². The first-order valence-corrected chi connectivity index (χ1v) is 9.43. The summed E-state index contributed by atoms with van der Waals surface area (Å²) in [6.45, 7) is 1.36. The quantitative estimate of drug-likeness (QED) is 0.790. The van der Waals surface area contributed by atoms with Gasteiger partial charge in [0, 0.05) is 31.6 Å². The fourth-order valence-corrected chi connectivity index (χ4v) is 3.80. The van der Waals surface area contributed by atoms with E-state index in [-0.39, 0.29) is 11.7 Å². The Labute approximate surface area is 136 Å². The molecule has 0 atom stereocenters. The second-order valence-electron chi connectivity index (χ2n) is 5.22. The molecule has 2 heterocycles. The number of furan rings is 1. The van der Waals surface area contributed by atoms with Crippen LogP contribution in [0.2, 0.25) is 0 Å². The molecular weight excluding hydrogens is 372 g/mol. The van der Waals surface area contributed by atoms with Crippen molar-refractivity contribution in [3.63, 3.8) is 0 Å². The number of piperazine rings is 1. The van der Waals surface area contributed by atoms with E-state index in [1.807, 2.05) is 18.2 Å². The van der Waals surface area contributed by atoms with Crippen molar-refractivity contribution in [2.75, 3.05) is 32.4 Å². The molecular formula is C14H15BrN2O4S. The van der Waals surface area contributed by atoms with Crippen molar-refractivity contribution < 1.29 is 17.6 Å². The van der Waals surface area contributed by atoms with Crippen LogP contribution >= 0.6 is 15.9 Å². The van der Waals surface area contributed by atoms with E-state index >= 15 is 0 Å². The predicted octanol–water partition coefficient (Wildman–Crippen LogP) is 1.91. The van der Waals surface area contributed by atoms with Crippen LogP contribution in [0, 0.1) is 0 Å². The highest BCUT2D eigenvalue weighted by Gasteiger charge is 2.28. The van der Waals surface area contributed by atoms with Crippen molar-refractivity contribution in [1.29, 1.82) is 0 Å². The molecule has 6 nitrogen and oxygen atoms in total. The maximum absolute atomic E-state index is 12.5. The van der Waals surface area contributed by atoms with Gasteiger partial charge in [-0.1, -0.05) is 12.1 Å². The molecule has 0 saturated carbocycles. The van der Waals surface area contributed by atoms with E-state index in [0.29, 0.717) is 31.8 Å². The number of hydrogen-bond donors (Lipinski definition) is 0. The Morgan fingerprint density at radius 2 is 1.91 bits per heavy atom. The summed E-state index contributed by atoms with van der Waals surface area (Å²) in [7, 11) is -3.20. The van der Waals surface area contributed by atoms with Crippen molar-refractivity contribution in [2.24, 2.45) is 0 Å². The molecule has 1 fully saturated rings. The molecule has 0 aliphatic carbocycles. The zero-order valence-corrected chi connectivity index (χ0v) is 14.4. The summed E-state index contributed by atoms with van der Waals surface area (Å²) in [6.07, 6.45) is 1.18. The summed E-state index contributed by atoms with van der Waals surface area (Å²) in [5, 5.41) is 0.854. The Bertz CT molecular complexity index is 822. The first kappa shape index (κ1) is 15.5. The molecule has 2 aromatic rings. The smallest absolute Gasteiger partial charge is 0.289 e. The Morgan fingerprint density at radius 3 is 2.50 bits per heavy atom. The molecule has 1 saturated heterocycles. The van der Waals surface area contributed by atoms with Crippen LogP contribution in [0.3, 0.4) is 0 Å². The number of halogens is 1. The average molecular weight is 387 g/mol. The van der Waals surface area contributed by atoms with E-state index in [9.17, 15) is 13.2 Å². The monoisotopic (exact) mass is 386 g/mol. The number of benzene rings is 1. The van der Waals surface area contributed by atoms with Crippen LogP contribution in [0.1, 0.15) is 10.6 Å². The number of amides is 1. The van der Waals surface area contributed by atoms with Crippen molar-refractivity contribution in [3.8, 4) is 0 Å². The fourth-order valence-electron chi connectivity index (χ4n) is 2.51. The SMILES string of the molecule is CS(=O)(=O)N1CCN(C(=O)c2cc3cccc(Br)c3o2)CC1. The molecule has 0 N–H and O–H groups in total. The standard InChI is InChI=1S/C14H15BrN2O4S/c1-22(19,20)17-7-5-16(6-8-17)14(18)12-9-10-3-2-4-11(15)13(10)21-12/h2-4,9H,5-8H2,1H3. The number of fused-ring (bicyclic) bond motifs is 1.